The van der Waals surface area contributed by atoms with Crippen LogP contribution in [0.3, 0.4) is 0 Å². The van der Waals surface area contributed by atoms with Gasteiger partial charge in [0.1, 0.15) is 0 Å². The topological polar surface area (TPSA) is 95.9 Å². The van der Waals surface area contributed by atoms with Crippen LogP contribution in [-0.2, 0) is 14.3 Å². The van der Waals surface area contributed by atoms with Gasteiger partial charge in [-0.1, -0.05) is 321 Å². The molecule has 0 aliphatic carbocycles. The van der Waals surface area contributed by atoms with E-state index in [1.165, 1.54) is 302 Å². The summed E-state index contributed by atoms with van der Waals surface area (Å²) in [6.45, 7) is 4.98. The Kier molecular flexibility index (Phi) is 60.9. The molecule has 0 aromatic rings. The normalized spacial score (nSPS) is 12.6. The van der Waals surface area contributed by atoms with Crippen LogP contribution in [0.15, 0.2) is 12.2 Å². The van der Waals surface area contributed by atoms with Crippen LogP contribution in [0, 0.1) is 0 Å². The van der Waals surface area contributed by atoms with Crippen LogP contribution in [0.5, 0.6) is 0 Å². The number of nitrogens with one attached hydrogen (secondary N) is 1. The molecule has 72 heavy (non-hydrogen) atoms. The Morgan fingerprint density at radius 3 is 0.986 bits per heavy atom. The van der Waals surface area contributed by atoms with E-state index in [1.54, 1.807) is 0 Å². The van der Waals surface area contributed by atoms with E-state index in [0.29, 0.717) is 25.9 Å². The molecule has 0 saturated heterocycles. The molecule has 0 aromatic carbocycles. The van der Waals surface area contributed by atoms with Crippen LogP contribution < -0.4 is 5.32 Å². The Bertz CT molecular complexity index is 1080. The van der Waals surface area contributed by atoms with Crippen LogP contribution in [0.1, 0.15) is 373 Å². The zero-order valence-electron chi connectivity index (χ0n) is 48.9. The lowest BCUT2D eigenvalue weighted by Crippen LogP contribution is -2.45. The monoisotopic (exact) mass is 1020 g/mol. The number of aliphatic hydroxyl groups is 2. The number of aliphatic hydroxyl groups excluding tert-OH is 2. The molecular weight excluding hydrogens is 887 g/mol. The van der Waals surface area contributed by atoms with Gasteiger partial charge in [0.2, 0.25) is 5.91 Å². The Morgan fingerprint density at radius 1 is 0.375 bits per heavy atom. The number of ether oxygens (including phenoxy) is 1. The lowest BCUT2D eigenvalue weighted by Gasteiger charge is -2.22. The van der Waals surface area contributed by atoms with E-state index in [-0.39, 0.29) is 18.5 Å². The van der Waals surface area contributed by atoms with Crippen LogP contribution in [0.4, 0.5) is 0 Å². The van der Waals surface area contributed by atoms with Gasteiger partial charge in [-0.15, -0.1) is 0 Å². The lowest BCUT2D eigenvalue weighted by atomic mass is 10.0. The fourth-order valence-electron chi connectivity index (χ4n) is 10.5. The van der Waals surface area contributed by atoms with Crippen molar-refractivity contribution in [2.45, 2.75) is 386 Å². The summed E-state index contributed by atoms with van der Waals surface area (Å²) in [5.41, 5.74) is 0. The highest BCUT2D eigenvalue weighted by atomic mass is 16.5. The highest BCUT2D eigenvalue weighted by Gasteiger charge is 2.20. The highest BCUT2D eigenvalue weighted by Crippen LogP contribution is 2.18. The van der Waals surface area contributed by atoms with Gasteiger partial charge in [-0.05, 0) is 51.4 Å². The average molecular weight is 1020 g/mol. The van der Waals surface area contributed by atoms with E-state index < -0.39 is 12.1 Å². The fraction of sp³-hybridized carbons (Fsp3) is 0.939. The number of rotatable bonds is 62. The molecule has 2 atom stereocenters. The van der Waals surface area contributed by atoms with Crippen molar-refractivity contribution in [1.82, 2.24) is 5.32 Å². The van der Waals surface area contributed by atoms with Gasteiger partial charge in [0, 0.05) is 12.8 Å². The summed E-state index contributed by atoms with van der Waals surface area (Å²) in [5.74, 6) is -0.0175. The van der Waals surface area contributed by atoms with Crippen molar-refractivity contribution < 1.29 is 24.5 Å². The van der Waals surface area contributed by atoms with E-state index in [4.69, 9.17) is 4.74 Å². The Hall–Kier alpha value is -1.40. The standard InChI is InChI=1S/C66H129NO5/c1-3-5-7-9-11-13-15-17-18-29-32-35-38-42-46-50-54-58-64(69)63(62-68)67-65(70)59-55-51-47-43-39-36-33-30-27-25-23-21-19-20-22-24-26-28-31-34-37-41-45-49-53-57-61-72-66(71)60-56-52-48-44-40-16-14-12-10-8-6-4-2/h19,21,63-64,68-69H,3-18,20,22-62H2,1-2H3,(H,67,70)/b21-19-. The molecule has 428 valence electrons. The summed E-state index contributed by atoms with van der Waals surface area (Å²) in [6.07, 6.45) is 75.2. The van der Waals surface area contributed by atoms with Crippen LogP contribution in [0.2, 0.25) is 0 Å². The molecule has 0 rings (SSSR count). The van der Waals surface area contributed by atoms with Crippen LogP contribution in [-0.4, -0.2) is 47.4 Å². The van der Waals surface area contributed by atoms with Crippen molar-refractivity contribution in [3.8, 4) is 0 Å². The number of esters is 1. The van der Waals surface area contributed by atoms with Crippen LogP contribution in [0.25, 0.3) is 0 Å². The molecule has 0 aliphatic heterocycles. The van der Waals surface area contributed by atoms with E-state index in [0.717, 1.165) is 38.5 Å². The summed E-state index contributed by atoms with van der Waals surface area (Å²) in [7, 11) is 0. The number of amides is 1. The Balaban J connectivity index is 3.38. The molecular formula is C66H129NO5. The summed E-state index contributed by atoms with van der Waals surface area (Å²) in [4.78, 5) is 24.5. The molecule has 0 aromatic heterocycles. The first-order chi connectivity index (χ1) is 35.5. The predicted octanol–water partition coefficient (Wildman–Crippen LogP) is 20.8. The van der Waals surface area contributed by atoms with Gasteiger partial charge in [0.15, 0.2) is 0 Å². The first-order valence-corrected chi connectivity index (χ1v) is 32.9. The molecule has 0 bridgehead atoms. The van der Waals surface area contributed by atoms with Crippen molar-refractivity contribution in [3.63, 3.8) is 0 Å². The quantitative estimate of drug-likeness (QED) is 0.0320. The van der Waals surface area contributed by atoms with Crippen molar-refractivity contribution in [2.24, 2.45) is 0 Å². The molecule has 2 unspecified atom stereocenters. The number of hydrogen-bond donors (Lipinski definition) is 3. The third-order valence-corrected chi connectivity index (χ3v) is 15.6. The second-order valence-corrected chi connectivity index (χ2v) is 22.8. The fourth-order valence-corrected chi connectivity index (χ4v) is 10.5. The summed E-state index contributed by atoms with van der Waals surface area (Å²) in [5, 5.41) is 23.3. The van der Waals surface area contributed by atoms with Gasteiger partial charge in [-0.25, -0.2) is 0 Å². The molecule has 0 radical (unpaired) electrons. The minimum atomic E-state index is -0.665. The van der Waals surface area contributed by atoms with E-state index >= 15 is 0 Å². The molecule has 0 fully saturated rings. The molecule has 3 N–H and O–H groups in total. The Labute approximate surface area is 450 Å². The molecule has 0 heterocycles. The van der Waals surface area contributed by atoms with Gasteiger partial charge >= 0.3 is 5.97 Å². The summed E-state index contributed by atoms with van der Waals surface area (Å²) >= 11 is 0. The second-order valence-electron chi connectivity index (χ2n) is 22.8. The zero-order valence-corrected chi connectivity index (χ0v) is 48.9. The predicted molar refractivity (Wildman–Crippen MR) is 315 cm³/mol. The maximum Gasteiger partial charge on any atom is 0.305 e. The number of allylic oxidation sites excluding steroid dienone is 2. The average Bonchev–Trinajstić information content (AvgIpc) is 3.38. The van der Waals surface area contributed by atoms with Gasteiger partial charge in [-0.2, -0.15) is 0 Å². The van der Waals surface area contributed by atoms with E-state index in [2.05, 4.69) is 31.3 Å². The number of carbonyl (C=O) groups is 2. The number of unbranched alkanes of at least 4 members (excludes halogenated alkanes) is 49. The molecule has 1 amide bonds. The molecule has 0 saturated carbocycles. The highest BCUT2D eigenvalue weighted by molar-refractivity contribution is 5.76. The van der Waals surface area contributed by atoms with Crippen LogP contribution >= 0.6 is 0 Å². The van der Waals surface area contributed by atoms with Crippen molar-refractivity contribution >= 4 is 11.9 Å². The number of carbonyl (C=O) groups excluding carboxylic acids is 2. The smallest absolute Gasteiger partial charge is 0.305 e. The molecule has 6 heteroatoms. The molecule has 6 nitrogen and oxygen atoms in total. The second kappa shape index (κ2) is 62.1. The van der Waals surface area contributed by atoms with Crippen molar-refractivity contribution in [2.75, 3.05) is 13.2 Å². The van der Waals surface area contributed by atoms with Gasteiger partial charge < -0.3 is 20.3 Å². The summed E-state index contributed by atoms with van der Waals surface area (Å²) < 4.78 is 5.48. The zero-order chi connectivity index (χ0) is 52.2. The lowest BCUT2D eigenvalue weighted by molar-refractivity contribution is -0.143. The summed E-state index contributed by atoms with van der Waals surface area (Å²) in [6, 6.07) is -0.542. The molecule has 0 aliphatic rings. The first-order valence-electron chi connectivity index (χ1n) is 32.9. The third-order valence-electron chi connectivity index (χ3n) is 15.6. The van der Waals surface area contributed by atoms with E-state index in [9.17, 15) is 19.8 Å². The SMILES string of the molecule is CCCCCCCCCCCCCCCCCCCC(O)C(CO)NC(=O)CCCCCCCCCCCC/C=C\CCCCCCCCCCCCCCOC(=O)CCCCCCCCCCCCCC. The van der Waals surface area contributed by atoms with Crippen molar-refractivity contribution in [1.29, 1.82) is 0 Å². The van der Waals surface area contributed by atoms with E-state index in [1.807, 2.05) is 0 Å². The van der Waals surface area contributed by atoms with Gasteiger partial charge in [0.05, 0.1) is 25.4 Å². The third kappa shape index (κ3) is 57.9. The van der Waals surface area contributed by atoms with Gasteiger partial charge in [-0.3, -0.25) is 9.59 Å². The Morgan fingerprint density at radius 2 is 0.653 bits per heavy atom. The largest absolute Gasteiger partial charge is 0.466 e. The molecule has 0 spiro atoms. The number of hydrogen-bond acceptors (Lipinski definition) is 5. The minimum absolute atomic E-state index is 0.0158. The first kappa shape index (κ1) is 70.6. The maximum atomic E-state index is 12.5. The minimum Gasteiger partial charge on any atom is -0.466 e. The van der Waals surface area contributed by atoms with Gasteiger partial charge in [0.25, 0.3) is 0 Å². The van der Waals surface area contributed by atoms with Crippen molar-refractivity contribution in [3.05, 3.63) is 12.2 Å². The maximum absolute atomic E-state index is 12.5.